The molecular formula is C12H15NO3S2. The SMILES string of the molecule is CN(C)[C@H]1CS(=O)(=O)OC2=C1CCc1sccc12. The summed E-state index contributed by atoms with van der Waals surface area (Å²) in [6.07, 6.45) is 1.88. The Morgan fingerprint density at radius 1 is 1.39 bits per heavy atom. The predicted molar refractivity (Wildman–Crippen MR) is 71.9 cm³/mol. The highest BCUT2D eigenvalue weighted by Crippen LogP contribution is 2.41. The van der Waals surface area contributed by atoms with Crippen molar-refractivity contribution in [2.75, 3.05) is 19.8 Å². The van der Waals surface area contributed by atoms with Crippen LogP contribution >= 0.6 is 11.3 Å². The Hall–Kier alpha value is -0.850. The summed E-state index contributed by atoms with van der Waals surface area (Å²) in [5.41, 5.74) is 2.09. The van der Waals surface area contributed by atoms with Crippen molar-refractivity contribution in [2.24, 2.45) is 0 Å². The molecule has 0 N–H and O–H groups in total. The molecule has 6 heteroatoms. The molecule has 18 heavy (non-hydrogen) atoms. The van der Waals surface area contributed by atoms with E-state index in [2.05, 4.69) is 0 Å². The number of hydrogen-bond acceptors (Lipinski definition) is 5. The first kappa shape index (κ1) is 12.2. The van der Waals surface area contributed by atoms with Crippen molar-refractivity contribution in [1.29, 1.82) is 0 Å². The topological polar surface area (TPSA) is 46.6 Å². The second kappa shape index (κ2) is 4.08. The van der Waals surface area contributed by atoms with Crippen molar-refractivity contribution in [3.63, 3.8) is 0 Å². The highest BCUT2D eigenvalue weighted by Gasteiger charge is 2.37. The minimum absolute atomic E-state index is 0.0539. The second-order valence-corrected chi connectivity index (χ2v) is 7.51. The number of aryl methyl sites for hydroxylation is 1. The zero-order valence-electron chi connectivity index (χ0n) is 10.3. The van der Waals surface area contributed by atoms with Crippen LogP contribution in [-0.2, 0) is 20.7 Å². The van der Waals surface area contributed by atoms with E-state index in [1.807, 2.05) is 30.4 Å². The fourth-order valence-corrected chi connectivity index (χ4v) is 4.88. The molecule has 1 aromatic rings. The zero-order chi connectivity index (χ0) is 12.9. The molecule has 0 saturated carbocycles. The minimum Gasteiger partial charge on any atom is -0.382 e. The van der Waals surface area contributed by atoms with Crippen LogP contribution in [0.4, 0.5) is 0 Å². The third-order valence-corrected chi connectivity index (χ3v) is 5.63. The van der Waals surface area contributed by atoms with Gasteiger partial charge in [-0.25, -0.2) is 0 Å². The summed E-state index contributed by atoms with van der Waals surface area (Å²) in [4.78, 5) is 3.19. The molecule has 0 unspecified atom stereocenters. The molecule has 98 valence electrons. The van der Waals surface area contributed by atoms with E-state index in [0.717, 1.165) is 24.0 Å². The van der Waals surface area contributed by atoms with Crippen molar-refractivity contribution in [2.45, 2.75) is 18.9 Å². The maximum Gasteiger partial charge on any atom is 0.311 e. The van der Waals surface area contributed by atoms with Crippen LogP contribution in [0.15, 0.2) is 17.0 Å². The molecule has 0 amide bonds. The number of hydrogen-bond donors (Lipinski definition) is 0. The summed E-state index contributed by atoms with van der Waals surface area (Å²) in [5.74, 6) is 0.639. The van der Waals surface area contributed by atoms with Crippen LogP contribution in [-0.4, -0.2) is 39.2 Å². The van der Waals surface area contributed by atoms with Gasteiger partial charge in [0.25, 0.3) is 0 Å². The van der Waals surface area contributed by atoms with Gasteiger partial charge in [-0.05, 0) is 44.0 Å². The number of likely N-dealkylation sites (N-methyl/N-ethyl adjacent to an activating group) is 1. The Morgan fingerprint density at radius 3 is 2.89 bits per heavy atom. The number of nitrogens with zero attached hydrogens (tertiary/aromatic N) is 1. The van der Waals surface area contributed by atoms with Gasteiger partial charge < -0.3 is 9.08 Å². The molecule has 2 heterocycles. The second-order valence-electron chi connectivity index (χ2n) is 4.90. The molecule has 0 spiro atoms. The molecular weight excluding hydrogens is 270 g/mol. The zero-order valence-corrected chi connectivity index (χ0v) is 12.0. The summed E-state index contributed by atoms with van der Waals surface area (Å²) in [5, 5.41) is 2.00. The van der Waals surface area contributed by atoms with Crippen molar-refractivity contribution in [3.8, 4) is 0 Å². The third kappa shape index (κ3) is 1.88. The van der Waals surface area contributed by atoms with Crippen LogP contribution in [0.5, 0.6) is 0 Å². The lowest BCUT2D eigenvalue weighted by atomic mass is 9.92. The van der Waals surface area contributed by atoms with Gasteiger partial charge in [0.2, 0.25) is 0 Å². The Bertz CT molecular complexity index is 613. The first-order valence-electron chi connectivity index (χ1n) is 5.86. The van der Waals surface area contributed by atoms with Crippen LogP contribution < -0.4 is 0 Å². The van der Waals surface area contributed by atoms with E-state index < -0.39 is 10.1 Å². The molecule has 4 nitrogen and oxygen atoms in total. The molecule has 0 radical (unpaired) electrons. The summed E-state index contributed by atoms with van der Waals surface area (Å²) in [6, 6.07) is 1.90. The first-order valence-corrected chi connectivity index (χ1v) is 8.32. The molecule has 0 fully saturated rings. The van der Waals surface area contributed by atoms with Crippen LogP contribution in [0.25, 0.3) is 5.76 Å². The molecule has 2 aliphatic rings. The minimum atomic E-state index is -3.46. The lowest BCUT2D eigenvalue weighted by Crippen LogP contribution is -2.41. The average Bonchev–Trinajstić information content (AvgIpc) is 2.75. The van der Waals surface area contributed by atoms with E-state index in [9.17, 15) is 8.42 Å². The van der Waals surface area contributed by atoms with Crippen molar-refractivity contribution in [3.05, 3.63) is 27.5 Å². The Balaban J connectivity index is 2.16. The van der Waals surface area contributed by atoms with Gasteiger partial charge in [0.15, 0.2) is 5.76 Å². The number of fused-ring (bicyclic) bond motifs is 2. The fraction of sp³-hybridized carbons (Fsp3) is 0.500. The normalized spacial score (nSPS) is 25.6. The van der Waals surface area contributed by atoms with Gasteiger partial charge in [-0.15, -0.1) is 11.3 Å². The van der Waals surface area contributed by atoms with E-state index in [0.29, 0.717) is 5.76 Å². The van der Waals surface area contributed by atoms with E-state index in [1.165, 1.54) is 4.88 Å². The average molecular weight is 285 g/mol. The van der Waals surface area contributed by atoms with Gasteiger partial charge in [-0.3, -0.25) is 0 Å². The predicted octanol–water partition coefficient (Wildman–Crippen LogP) is 1.70. The standard InChI is InChI=1S/C12H15NO3S2/c1-13(2)10-7-18(14,15)16-12-8(10)3-4-11-9(12)5-6-17-11/h5-6,10H,3-4,7H2,1-2H3/t10-/m0/s1. The molecule has 0 aromatic carbocycles. The highest BCUT2D eigenvalue weighted by molar-refractivity contribution is 7.87. The number of rotatable bonds is 1. The van der Waals surface area contributed by atoms with E-state index >= 15 is 0 Å². The quantitative estimate of drug-likeness (QED) is 0.737. The molecule has 3 rings (SSSR count). The van der Waals surface area contributed by atoms with Crippen LogP contribution in [0, 0.1) is 0 Å². The molecule has 1 aliphatic heterocycles. The summed E-state index contributed by atoms with van der Waals surface area (Å²) < 4.78 is 29.0. The molecule has 1 atom stereocenters. The fourth-order valence-electron chi connectivity index (χ4n) is 2.60. The van der Waals surface area contributed by atoms with Gasteiger partial charge in [0, 0.05) is 10.4 Å². The molecule has 1 aliphatic carbocycles. The lowest BCUT2D eigenvalue weighted by molar-refractivity contribution is 0.319. The van der Waals surface area contributed by atoms with E-state index in [1.54, 1.807) is 11.3 Å². The van der Waals surface area contributed by atoms with Crippen LogP contribution in [0.3, 0.4) is 0 Å². The summed E-state index contributed by atoms with van der Waals surface area (Å²) in [6.45, 7) is 0. The summed E-state index contributed by atoms with van der Waals surface area (Å²) in [7, 11) is 0.369. The highest BCUT2D eigenvalue weighted by atomic mass is 32.2. The maximum atomic E-state index is 11.9. The van der Waals surface area contributed by atoms with Crippen LogP contribution in [0.1, 0.15) is 16.9 Å². The van der Waals surface area contributed by atoms with Gasteiger partial charge >= 0.3 is 10.1 Å². The van der Waals surface area contributed by atoms with Crippen molar-refractivity contribution >= 4 is 27.2 Å². The van der Waals surface area contributed by atoms with E-state index in [4.69, 9.17) is 4.18 Å². The monoisotopic (exact) mass is 285 g/mol. The molecule has 0 saturated heterocycles. The lowest BCUT2D eigenvalue weighted by Gasteiger charge is -2.34. The van der Waals surface area contributed by atoms with Crippen molar-refractivity contribution < 1.29 is 12.6 Å². The number of thiophene rings is 1. The van der Waals surface area contributed by atoms with Gasteiger partial charge in [0.05, 0.1) is 6.04 Å². The smallest absolute Gasteiger partial charge is 0.311 e. The maximum absolute atomic E-state index is 11.9. The van der Waals surface area contributed by atoms with E-state index in [-0.39, 0.29) is 11.8 Å². The van der Waals surface area contributed by atoms with Crippen molar-refractivity contribution in [1.82, 2.24) is 4.90 Å². The first-order chi connectivity index (χ1) is 8.48. The summed E-state index contributed by atoms with van der Waals surface area (Å²) >= 11 is 1.67. The Morgan fingerprint density at radius 2 is 2.17 bits per heavy atom. The van der Waals surface area contributed by atoms with Gasteiger partial charge in [-0.2, -0.15) is 8.42 Å². The van der Waals surface area contributed by atoms with Crippen LogP contribution in [0.2, 0.25) is 0 Å². The molecule has 0 bridgehead atoms. The Kier molecular flexibility index (Phi) is 2.76. The molecule has 1 aromatic heterocycles. The van der Waals surface area contributed by atoms with Gasteiger partial charge in [0.1, 0.15) is 5.75 Å². The van der Waals surface area contributed by atoms with Gasteiger partial charge in [-0.1, -0.05) is 0 Å². The largest absolute Gasteiger partial charge is 0.382 e. The third-order valence-electron chi connectivity index (χ3n) is 3.50. The Labute approximate surface area is 111 Å².